The molecule has 126 heavy (non-hydrogen) atoms. The summed E-state index contributed by atoms with van der Waals surface area (Å²) >= 11 is 0. The number of aliphatic hydroxyl groups excluding tert-OH is 6. The van der Waals surface area contributed by atoms with Gasteiger partial charge >= 0.3 is 17.9 Å². The van der Waals surface area contributed by atoms with Gasteiger partial charge in [-0.25, -0.2) is 0 Å². The van der Waals surface area contributed by atoms with E-state index in [2.05, 4.69) is 0 Å². The van der Waals surface area contributed by atoms with E-state index in [9.17, 15) is 63.1 Å². The molecule has 0 saturated carbocycles. The maximum atomic E-state index is 13.7. The number of phenols is 3. The van der Waals surface area contributed by atoms with Crippen LogP contribution in [0.1, 0.15) is 140 Å². The van der Waals surface area contributed by atoms with Crippen molar-refractivity contribution in [2.45, 2.75) is 168 Å². The zero-order valence-corrected chi connectivity index (χ0v) is 66.2. The molecule has 9 N–H and O–H groups in total. The van der Waals surface area contributed by atoms with Crippen molar-refractivity contribution in [2.24, 2.45) is 35.5 Å². The van der Waals surface area contributed by atoms with Crippen molar-refractivity contribution in [2.75, 3.05) is 102 Å². The van der Waals surface area contributed by atoms with Crippen LogP contribution in [-0.2, 0) is 85.4 Å². The van der Waals surface area contributed by atoms with Gasteiger partial charge < -0.3 is 174 Å². The molecule has 3 aliphatic carbocycles. The standard InChI is InChI=1S/3C29H32O13/c3*1-11-36-9-20-27(40-11)24(31)25(32)29(41-20)42-26-14-7-17-16(38-10-39-17)6-13(14)21(22-15(26)8-37-28(22)33)12-4-18(34-2)23(30)19(5-12)35-3/h3*4-7,11,15,20-22,24-27,29-32H,8-10H2,1-3H3/t3*11-,15+,20-,21-,22+,24-,25-,26-,27-,29+/m111/s1/i2D3,3D3,10D2,21D;2D3,3D3,8D2,10D2;8D2,10D2,21D. The Morgan fingerprint density at radius 1 is 0.349 bits per heavy atom. The first-order valence-corrected chi connectivity index (χ1v) is 39.4. The fraction of sp³-hybridized carbons (Fsp3) is 0.552. The van der Waals surface area contributed by atoms with E-state index >= 15 is 0 Å². The smallest absolute Gasteiger partial charge is 0.310 e. The van der Waals surface area contributed by atoms with Crippen molar-refractivity contribution < 1.29 is 221 Å². The van der Waals surface area contributed by atoms with Gasteiger partial charge in [-0.1, -0.05) is 0 Å². The number of esters is 3. The summed E-state index contributed by atoms with van der Waals surface area (Å²) in [7, 11) is -10.1. The summed E-state index contributed by atoms with van der Waals surface area (Å²) in [5.74, 6) is -24.8. The Hall–Kier alpha value is -9.99. The number of fused-ring (bicyclic) bond motifs is 12. The minimum absolute atomic E-state index is 0.00451. The SMILES string of the molecule is [2H]C([2H])([2H])Oc1cc([C@@H]2c3cc4c(cc3[C@@H](O[C@@H]3O[C@@H]5CO[C@@H](C)O[C@H]5[C@H](O)[C@H]3O)[C@@H]3[C@@H]2C(=O)OC3([2H])[2H])OC([2H])([2H])O4)cc(OC([2H])([2H])[2H])c1O.[2H]C([2H])([2H])Oc1cc([C@]2([2H])c3cc4c(cc3[C@@H](O[C@@H]3O[C@@H]5CO[C@@H](C)O[C@H]5[C@H](O)[C@H]3O)[C@H]3COC(=O)[C@@H]32)OC([2H])([2H])O4)cc(OC([2H])([2H])[2H])c1O.[2H]C1([2H])Oc2cc3c(cc2O1)[C@@]([2H])(c1cc(OC)c(O)c(OC)c1)[C@H]1C(=O)OC([2H])([2H])[C@@H]1[C@@H]3O[C@@H]1O[C@@H]2CO[C@@H](C)O[C@H]2[C@H](O)[C@H]1O. The maximum Gasteiger partial charge on any atom is 0.310 e. The first kappa shape index (κ1) is 61.5. The highest BCUT2D eigenvalue weighted by atomic mass is 16.8. The Labute approximate surface area is 752 Å². The number of carbonyl (C=O) groups is 3. The monoisotopic (exact) mass is 1790 g/mol. The predicted octanol–water partition coefficient (Wildman–Crippen LogP) is 4.02. The lowest BCUT2D eigenvalue weighted by molar-refractivity contribution is -0.364. The highest BCUT2D eigenvalue weighted by Gasteiger charge is 2.61. The topological polar surface area (TPSA) is 482 Å². The van der Waals surface area contributed by atoms with Gasteiger partial charge in [0.25, 0.3) is 0 Å². The molecule has 12 heterocycles. The van der Waals surface area contributed by atoms with Gasteiger partial charge in [0, 0.05) is 38.2 Å². The molecule has 0 aromatic heterocycles. The number of phenolic OH excluding ortho intramolecular Hbond substituents is 3. The lowest BCUT2D eigenvalue weighted by Crippen LogP contribution is -2.63. The number of hydrogen-bond donors (Lipinski definition) is 9. The van der Waals surface area contributed by atoms with Crippen molar-refractivity contribution in [3.05, 3.63) is 123 Å². The summed E-state index contributed by atoms with van der Waals surface area (Å²) in [5, 5.41) is 98.6. The molecule has 9 fully saturated rings. The van der Waals surface area contributed by atoms with Gasteiger partial charge in [0.2, 0.25) is 37.5 Å². The minimum Gasteiger partial charge on any atom is -0.502 e. The van der Waals surface area contributed by atoms with Gasteiger partial charge in [-0.15, -0.1) is 0 Å². The molecule has 0 bridgehead atoms. The highest BCUT2D eigenvalue weighted by Crippen LogP contribution is 2.62. The van der Waals surface area contributed by atoms with E-state index in [-0.39, 0.29) is 128 Å². The normalized spacial score (nSPS) is 42.8. The molecule has 39 nitrogen and oxygen atoms in total. The largest absolute Gasteiger partial charge is 0.502 e. The van der Waals surface area contributed by atoms with Crippen molar-refractivity contribution in [1.29, 1.82) is 0 Å². The second-order valence-corrected chi connectivity index (χ2v) is 31.3. The summed E-state index contributed by atoms with van der Waals surface area (Å²) in [6, 6.07) is 14.1. The molecule has 12 aliphatic heterocycles. The molecule has 39 heteroatoms. The van der Waals surface area contributed by atoms with Crippen molar-refractivity contribution >= 4 is 17.9 Å². The number of aromatic hydroxyl groups is 3. The van der Waals surface area contributed by atoms with Crippen LogP contribution in [0.5, 0.6) is 86.2 Å². The van der Waals surface area contributed by atoms with Crippen molar-refractivity contribution in [1.82, 2.24) is 0 Å². The van der Waals surface area contributed by atoms with Gasteiger partial charge in [-0.3, -0.25) is 14.4 Å². The van der Waals surface area contributed by atoms with Crippen LogP contribution in [0.25, 0.3) is 0 Å². The highest BCUT2D eigenvalue weighted by molar-refractivity contribution is 5.81. The number of rotatable bonds is 15. The number of hydrogen-bond acceptors (Lipinski definition) is 39. The molecule has 9 saturated heterocycles. The van der Waals surface area contributed by atoms with E-state index in [1.54, 1.807) is 20.8 Å². The molecule has 6 aromatic rings. The Bertz CT molecular complexity index is 6140. The lowest BCUT2D eigenvalue weighted by atomic mass is 9.66. The van der Waals surface area contributed by atoms with Gasteiger partial charge in [-0.2, -0.15) is 0 Å². The van der Waals surface area contributed by atoms with E-state index in [0.717, 1.165) is 24.3 Å². The summed E-state index contributed by atoms with van der Waals surface area (Å²) in [6.07, 6.45) is -26.6. The van der Waals surface area contributed by atoms with Crippen LogP contribution >= 0.6 is 0 Å². The molecule has 0 radical (unpaired) electrons. The van der Waals surface area contributed by atoms with Crippen molar-refractivity contribution in [3.8, 4) is 86.2 Å². The first-order chi connectivity index (χ1) is 69.8. The number of methoxy groups -OCH3 is 6. The average Bonchev–Trinajstić information content (AvgIpc) is 1.40. The van der Waals surface area contributed by atoms with E-state index in [1.165, 1.54) is 62.8 Å². The molecular formula is C87H96O39. The Morgan fingerprint density at radius 3 is 1.02 bits per heavy atom. The first-order valence-electron chi connectivity index (χ1n) is 51.4. The fourth-order valence-corrected chi connectivity index (χ4v) is 18.5. The van der Waals surface area contributed by atoms with Crippen LogP contribution in [0.15, 0.2) is 72.8 Å². The summed E-state index contributed by atoms with van der Waals surface area (Å²) in [6.45, 7) is -9.12. The number of carbonyl (C=O) groups excluding carboxylic acids is 3. The third kappa shape index (κ3) is 14.8. The Morgan fingerprint density at radius 2 is 0.651 bits per heavy atom. The van der Waals surface area contributed by atoms with E-state index in [4.69, 9.17) is 158 Å². The van der Waals surface area contributed by atoms with Gasteiger partial charge in [0.15, 0.2) is 107 Å². The molecule has 678 valence electrons. The quantitative estimate of drug-likeness (QED) is 0.0518. The van der Waals surface area contributed by atoms with Crippen LogP contribution in [0.3, 0.4) is 0 Å². The van der Waals surface area contributed by atoms with Crippen LogP contribution in [-0.4, -0.2) is 277 Å². The number of aliphatic hydroxyl groups is 6. The summed E-state index contributed by atoms with van der Waals surface area (Å²) in [4.78, 5) is 41.1. The minimum atomic E-state index is -3.17. The Balaban J connectivity index is 0.000000141. The zero-order chi connectivity index (χ0) is 109. The van der Waals surface area contributed by atoms with E-state index in [0.29, 0.717) is 0 Å². The van der Waals surface area contributed by atoms with Crippen LogP contribution in [0.4, 0.5) is 0 Å². The molecule has 0 spiro atoms. The van der Waals surface area contributed by atoms with Gasteiger partial charge in [-0.05, 0) is 144 Å². The Kier molecular flexibility index (Phi) is 16.7. The molecule has 15 aliphatic rings. The number of ether oxygens (including phenoxy) is 27. The van der Waals surface area contributed by atoms with Gasteiger partial charge in [0.05, 0.1) is 140 Å². The zero-order valence-electron chi connectivity index (χ0n) is 90.2. The second-order valence-electron chi connectivity index (χ2n) is 31.3. The predicted molar refractivity (Wildman–Crippen MR) is 415 cm³/mol. The van der Waals surface area contributed by atoms with Crippen LogP contribution in [0.2, 0.25) is 0 Å². The van der Waals surface area contributed by atoms with E-state index < -0.39 is 296 Å². The fourth-order valence-electron chi connectivity index (χ4n) is 18.5. The number of cyclic esters (lactones) is 3. The summed E-state index contributed by atoms with van der Waals surface area (Å²) in [5.41, 5.74) is -0.308. The lowest BCUT2D eigenvalue weighted by Gasteiger charge is -2.47. The number of benzene rings is 6. The van der Waals surface area contributed by atoms with Crippen molar-refractivity contribution in [3.63, 3.8) is 0 Å². The molecular weight excluding hydrogens is 1670 g/mol. The average molecular weight is 1790 g/mol. The maximum absolute atomic E-state index is 13.7. The summed E-state index contributed by atoms with van der Waals surface area (Å²) < 4.78 is 343. The molecule has 0 unspecified atom stereocenters. The van der Waals surface area contributed by atoms with Crippen LogP contribution in [0, 0.1) is 35.5 Å². The van der Waals surface area contributed by atoms with Crippen LogP contribution < -0.4 is 56.8 Å². The second kappa shape index (κ2) is 34.2. The third-order valence-corrected chi connectivity index (χ3v) is 24.4. The van der Waals surface area contributed by atoms with Gasteiger partial charge in [0.1, 0.15) is 81.5 Å². The molecule has 30 atom stereocenters. The third-order valence-electron chi connectivity index (χ3n) is 24.4. The molecule has 6 aromatic carbocycles. The van der Waals surface area contributed by atoms with E-state index in [1.807, 2.05) is 0 Å². The molecule has 0 amide bonds. The molecule has 21 rings (SSSR count).